The van der Waals surface area contributed by atoms with Crippen molar-refractivity contribution < 1.29 is 9.59 Å². The number of primary amides is 1. The Balaban J connectivity index is 2.17. The zero-order chi connectivity index (χ0) is 15.2. The van der Waals surface area contributed by atoms with Gasteiger partial charge in [-0.15, -0.1) is 0 Å². The second-order valence-corrected chi connectivity index (χ2v) is 5.45. The number of anilines is 1. The summed E-state index contributed by atoms with van der Waals surface area (Å²) < 4.78 is 0. The highest BCUT2D eigenvalue weighted by Gasteiger charge is 2.19. The molecule has 0 saturated heterocycles. The van der Waals surface area contributed by atoms with Gasteiger partial charge in [-0.3, -0.25) is 9.59 Å². The number of hydrogen-bond acceptors (Lipinski definition) is 3. The molecule has 0 saturated carbocycles. The van der Waals surface area contributed by atoms with Crippen molar-refractivity contribution in [1.82, 2.24) is 4.90 Å². The van der Waals surface area contributed by atoms with E-state index in [1.807, 2.05) is 18.2 Å². The van der Waals surface area contributed by atoms with Gasteiger partial charge in [-0.2, -0.15) is 0 Å². The number of hydrogen-bond donors (Lipinski definition) is 2. The summed E-state index contributed by atoms with van der Waals surface area (Å²) in [7, 11) is 0. The van der Waals surface area contributed by atoms with Gasteiger partial charge >= 0.3 is 0 Å². The topological polar surface area (TPSA) is 75.4 Å². The third kappa shape index (κ3) is 3.97. The van der Waals surface area contributed by atoms with Gasteiger partial charge in [0.2, 0.25) is 5.91 Å². The van der Waals surface area contributed by atoms with Gasteiger partial charge < -0.3 is 16.0 Å². The van der Waals surface area contributed by atoms with E-state index in [0.29, 0.717) is 12.1 Å². The van der Waals surface area contributed by atoms with Crippen LogP contribution >= 0.6 is 0 Å². The van der Waals surface area contributed by atoms with Crippen LogP contribution in [0.2, 0.25) is 0 Å². The van der Waals surface area contributed by atoms with Crippen LogP contribution in [0.5, 0.6) is 0 Å². The van der Waals surface area contributed by atoms with E-state index < -0.39 is 5.91 Å². The maximum absolute atomic E-state index is 12.6. The summed E-state index contributed by atoms with van der Waals surface area (Å²) in [6.07, 6.45) is 3.89. The molecule has 5 nitrogen and oxygen atoms in total. The lowest BCUT2D eigenvalue weighted by Gasteiger charge is -2.23. The molecule has 0 aliphatic carbocycles. The van der Waals surface area contributed by atoms with Crippen LogP contribution in [0.25, 0.3) is 0 Å². The molecule has 1 aliphatic rings. The number of carbonyl (C=O) groups is 2. The summed E-state index contributed by atoms with van der Waals surface area (Å²) >= 11 is 0. The van der Waals surface area contributed by atoms with Gasteiger partial charge in [0.05, 0.1) is 6.54 Å². The molecule has 0 radical (unpaired) electrons. The van der Waals surface area contributed by atoms with Crippen LogP contribution in [0, 0.1) is 0 Å². The number of aryl methyl sites for hydroxylation is 1. The molecular weight excluding hydrogens is 266 g/mol. The van der Waals surface area contributed by atoms with Crippen LogP contribution in [0.4, 0.5) is 5.69 Å². The SMILES string of the molecule is CCCCN(CC(N)=O)C(=O)c1ccc2c(c1)CCCN2. The molecule has 5 heteroatoms. The van der Waals surface area contributed by atoms with Crippen LogP contribution in [-0.4, -0.2) is 36.3 Å². The standard InChI is InChI=1S/C16H23N3O2/c1-2-3-9-19(11-15(17)20)16(21)13-6-7-14-12(10-13)5-4-8-18-14/h6-7,10,18H,2-5,8-9,11H2,1H3,(H2,17,20). The minimum atomic E-state index is -0.473. The molecule has 1 aliphatic heterocycles. The number of unbranched alkanes of at least 4 members (excludes halogenated alkanes) is 1. The molecule has 0 spiro atoms. The van der Waals surface area contributed by atoms with E-state index in [9.17, 15) is 9.59 Å². The lowest BCUT2D eigenvalue weighted by Crippen LogP contribution is -2.39. The van der Waals surface area contributed by atoms with Gasteiger partial charge in [-0.1, -0.05) is 13.3 Å². The van der Waals surface area contributed by atoms with Crippen molar-refractivity contribution in [1.29, 1.82) is 0 Å². The molecule has 0 fully saturated rings. The molecular formula is C16H23N3O2. The first-order valence-corrected chi connectivity index (χ1v) is 7.56. The largest absolute Gasteiger partial charge is 0.385 e. The Labute approximate surface area is 125 Å². The monoisotopic (exact) mass is 289 g/mol. The van der Waals surface area contributed by atoms with Crippen LogP contribution in [0.1, 0.15) is 42.1 Å². The summed E-state index contributed by atoms with van der Waals surface area (Å²) in [5.74, 6) is -0.588. The second kappa shape index (κ2) is 7.11. The van der Waals surface area contributed by atoms with Crippen molar-refractivity contribution in [3.63, 3.8) is 0 Å². The smallest absolute Gasteiger partial charge is 0.254 e. The first kappa shape index (κ1) is 15.4. The molecule has 0 aromatic heterocycles. The minimum absolute atomic E-state index is 0.0197. The number of carbonyl (C=O) groups excluding carboxylic acids is 2. The number of amides is 2. The second-order valence-electron chi connectivity index (χ2n) is 5.45. The molecule has 2 amide bonds. The number of rotatable bonds is 6. The minimum Gasteiger partial charge on any atom is -0.385 e. The van der Waals surface area contributed by atoms with Gasteiger partial charge in [-0.25, -0.2) is 0 Å². The lowest BCUT2D eigenvalue weighted by atomic mass is 10.0. The Morgan fingerprint density at radius 1 is 1.38 bits per heavy atom. The van der Waals surface area contributed by atoms with Crippen molar-refractivity contribution in [2.75, 3.05) is 25.0 Å². The first-order chi connectivity index (χ1) is 10.1. The van der Waals surface area contributed by atoms with Gasteiger partial charge in [0, 0.05) is 24.3 Å². The summed E-state index contributed by atoms with van der Waals surface area (Å²) in [5, 5.41) is 3.33. The molecule has 1 heterocycles. The molecule has 0 unspecified atom stereocenters. The summed E-state index contributed by atoms with van der Waals surface area (Å²) in [6, 6.07) is 5.70. The van der Waals surface area contributed by atoms with Crippen LogP contribution in [0.15, 0.2) is 18.2 Å². The van der Waals surface area contributed by atoms with E-state index in [1.54, 1.807) is 4.90 Å². The molecule has 3 N–H and O–H groups in total. The number of benzene rings is 1. The molecule has 0 atom stereocenters. The van der Waals surface area contributed by atoms with Crippen LogP contribution in [-0.2, 0) is 11.2 Å². The molecule has 21 heavy (non-hydrogen) atoms. The summed E-state index contributed by atoms with van der Waals surface area (Å²) in [5.41, 5.74) is 8.16. The zero-order valence-corrected chi connectivity index (χ0v) is 12.5. The molecule has 2 rings (SSSR count). The fourth-order valence-corrected chi connectivity index (χ4v) is 2.58. The fraction of sp³-hybridized carbons (Fsp3) is 0.500. The Bertz CT molecular complexity index is 528. The van der Waals surface area contributed by atoms with Crippen LogP contribution < -0.4 is 11.1 Å². The predicted octanol–water partition coefficient (Wildman–Crippen LogP) is 1.77. The number of nitrogens with one attached hydrogen (secondary N) is 1. The Hall–Kier alpha value is -2.04. The summed E-state index contributed by atoms with van der Waals surface area (Å²) in [6.45, 7) is 3.57. The van der Waals surface area contributed by atoms with Crippen LogP contribution in [0.3, 0.4) is 0 Å². The van der Waals surface area contributed by atoms with Gasteiger partial charge in [-0.05, 0) is 43.0 Å². The number of nitrogens with zero attached hydrogens (tertiary/aromatic N) is 1. The van der Waals surface area contributed by atoms with Crippen molar-refractivity contribution in [2.45, 2.75) is 32.6 Å². The maximum atomic E-state index is 12.6. The zero-order valence-electron chi connectivity index (χ0n) is 12.5. The average Bonchev–Trinajstić information content (AvgIpc) is 2.50. The van der Waals surface area contributed by atoms with Crippen molar-refractivity contribution in [2.24, 2.45) is 5.73 Å². The predicted molar refractivity (Wildman–Crippen MR) is 83.3 cm³/mol. The Morgan fingerprint density at radius 3 is 2.90 bits per heavy atom. The fourth-order valence-electron chi connectivity index (χ4n) is 2.58. The lowest BCUT2D eigenvalue weighted by molar-refractivity contribution is -0.118. The molecule has 1 aromatic rings. The summed E-state index contributed by atoms with van der Waals surface area (Å²) in [4.78, 5) is 25.3. The number of fused-ring (bicyclic) bond motifs is 1. The highest BCUT2D eigenvalue weighted by molar-refractivity contribution is 5.97. The Kier molecular flexibility index (Phi) is 5.20. The van der Waals surface area contributed by atoms with E-state index in [1.165, 1.54) is 5.56 Å². The van der Waals surface area contributed by atoms with Crippen molar-refractivity contribution in [3.05, 3.63) is 29.3 Å². The third-order valence-electron chi connectivity index (χ3n) is 3.71. The van der Waals surface area contributed by atoms with Gasteiger partial charge in [0.25, 0.3) is 5.91 Å². The van der Waals surface area contributed by atoms with E-state index >= 15 is 0 Å². The molecule has 1 aromatic carbocycles. The molecule has 0 bridgehead atoms. The van der Waals surface area contributed by atoms with Crippen molar-refractivity contribution >= 4 is 17.5 Å². The first-order valence-electron chi connectivity index (χ1n) is 7.56. The van der Waals surface area contributed by atoms with E-state index in [2.05, 4.69) is 12.2 Å². The van der Waals surface area contributed by atoms with Gasteiger partial charge in [0.15, 0.2) is 0 Å². The van der Waals surface area contributed by atoms with Gasteiger partial charge in [0.1, 0.15) is 0 Å². The van der Waals surface area contributed by atoms with E-state index in [0.717, 1.165) is 37.9 Å². The molecule has 114 valence electrons. The highest BCUT2D eigenvalue weighted by Crippen LogP contribution is 2.23. The quantitative estimate of drug-likeness (QED) is 0.838. The third-order valence-corrected chi connectivity index (χ3v) is 3.71. The van der Waals surface area contributed by atoms with E-state index in [4.69, 9.17) is 5.73 Å². The Morgan fingerprint density at radius 2 is 2.19 bits per heavy atom. The normalized spacial score (nSPS) is 13.2. The maximum Gasteiger partial charge on any atom is 0.254 e. The van der Waals surface area contributed by atoms with E-state index in [-0.39, 0.29) is 12.5 Å². The average molecular weight is 289 g/mol. The number of nitrogens with two attached hydrogens (primary N) is 1. The van der Waals surface area contributed by atoms with Crippen molar-refractivity contribution in [3.8, 4) is 0 Å². The highest BCUT2D eigenvalue weighted by atomic mass is 16.2.